The van der Waals surface area contributed by atoms with Crippen LogP contribution in [0, 0.1) is 32.1 Å². The Balaban J connectivity index is 1.50. The molecule has 0 spiro atoms. The van der Waals surface area contributed by atoms with Crippen LogP contribution in [0.15, 0.2) is 60.2 Å². The van der Waals surface area contributed by atoms with Gasteiger partial charge in [-0.15, -0.1) is 11.3 Å². The molecule has 208 valence electrons. The molecule has 0 unspecified atom stereocenters. The van der Waals surface area contributed by atoms with Gasteiger partial charge in [0.1, 0.15) is 16.6 Å². The molecule has 5 rings (SSSR count). The number of carbonyl (C=O) groups is 2. The number of aryl methyl sites for hydroxylation is 4. The molecule has 1 aliphatic carbocycles. The van der Waals surface area contributed by atoms with Crippen molar-refractivity contribution < 1.29 is 9.59 Å². The van der Waals surface area contributed by atoms with Crippen LogP contribution in [-0.4, -0.2) is 16.4 Å². The highest BCUT2D eigenvalue weighted by Gasteiger charge is 2.28. The topological polar surface area (TPSA) is 86.9 Å². The van der Waals surface area contributed by atoms with Crippen molar-refractivity contribution in [1.82, 2.24) is 4.57 Å². The number of fused-ring (bicyclic) bond motifs is 1. The molecule has 1 aliphatic rings. The average molecular weight is 563 g/mol. The first-order valence-electron chi connectivity index (χ1n) is 14.0. The molecule has 0 aliphatic heterocycles. The van der Waals surface area contributed by atoms with E-state index in [9.17, 15) is 14.9 Å². The normalized spacial score (nSPS) is 12.9. The first-order valence-corrected chi connectivity index (χ1v) is 14.8. The van der Waals surface area contributed by atoms with Gasteiger partial charge in [-0.25, -0.2) is 0 Å². The van der Waals surface area contributed by atoms with Crippen molar-refractivity contribution in [2.45, 2.75) is 59.8 Å². The highest BCUT2D eigenvalue weighted by atomic mass is 32.1. The Morgan fingerprint density at radius 1 is 0.976 bits per heavy atom. The highest BCUT2D eigenvalue weighted by molar-refractivity contribution is 7.15. The molecule has 2 heterocycles. The first-order chi connectivity index (χ1) is 19.8. The van der Waals surface area contributed by atoms with E-state index in [0.29, 0.717) is 5.69 Å². The first kappa shape index (κ1) is 28.1. The quantitative estimate of drug-likeness (QED) is 0.179. The molecule has 0 fully saturated rings. The number of hydrogen-bond acceptors (Lipinski definition) is 4. The van der Waals surface area contributed by atoms with E-state index in [0.717, 1.165) is 76.4 Å². The minimum absolute atomic E-state index is 0.0210. The van der Waals surface area contributed by atoms with Crippen LogP contribution in [0.2, 0.25) is 0 Å². The monoisotopic (exact) mass is 562 g/mol. The summed E-state index contributed by atoms with van der Waals surface area (Å²) in [6, 6.07) is 19.5. The lowest BCUT2D eigenvalue weighted by Gasteiger charge is -2.14. The van der Waals surface area contributed by atoms with E-state index in [4.69, 9.17) is 0 Å². The summed E-state index contributed by atoms with van der Waals surface area (Å²) in [5.41, 5.74) is 8.17. The molecule has 2 N–H and O–H groups in total. The van der Waals surface area contributed by atoms with Gasteiger partial charge in [0.25, 0.3) is 11.8 Å². The summed E-state index contributed by atoms with van der Waals surface area (Å²) in [7, 11) is 0. The molecule has 0 bridgehead atoms. The van der Waals surface area contributed by atoms with Crippen LogP contribution in [0.4, 0.5) is 11.4 Å². The maximum Gasteiger partial charge on any atom is 0.266 e. The minimum Gasteiger partial charge on any atom is -0.322 e. The third-order valence-electron chi connectivity index (χ3n) is 7.65. The highest BCUT2D eigenvalue weighted by Crippen LogP contribution is 2.39. The van der Waals surface area contributed by atoms with Gasteiger partial charge in [-0.3, -0.25) is 9.59 Å². The zero-order valence-corrected chi connectivity index (χ0v) is 24.7. The predicted octanol–water partition coefficient (Wildman–Crippen LogP) is 7.70. The van der Waals surface area contributed by atoms with E-state index < -0.39 is 5.91 Å². The molecule has 6 nitrogen and oxygen atoms in total. The molecule has 2 amide bonds. The number of benzene rings is 2. The van der Waals surface area contributed by atoms with Crippen molar-refractivity contribution in [2.24, 2.45) is 0 Å². The number of hydrogen-bond donors (Lipinski definition) is 2. The smallest absolute Gasteiger partial charge is 0.266 e. The van der Waals surface area contributed by atoms with Gasteiger partial charge >= 0.3 is 0 Å². The molecule has 2 aromatic heterocycles. The second-order valence-corrected chi connectivity index (χ2v) is 11.6. The Labute approximate surface area is 245 Å². The molecule has 0 saturated heterocycles. The Kier molecular flexibility index (Phi) is 8.23. The molecule has 2 aromatic carbocycles. The number of nitrogens with zero attached hydrogens (tertiary/aromatic N) is 2. The van der Waals surface area contributed by atoms with Crippen LogP contribution < -0.4 is 10.6 Å². The molecular weight excluding hydrogens is 528 g/mol. The van der Waals surface area contributed by atoms with Gasteiger partial charge in [-0.05, 0) is 106 Å². The molecular formula is C34H34N4O2S. The van der Waals surface area contributed by atoms with E-state index in [2.05, 4.69) is 28.2 Å². The second-order valence-electron chi connectivity index (χ2n) is 10.5. The fourth-order valence-electron chi connectivity index (χ4n) is 5.35. The Morgan fingerprint density at radius 2 is 1.63 bits per heavy atom. The second kappa shape index (κ2) is 12.0. The van der Waals surface area contributed by atoms with Crippen molar-refractivity contribution in [2.75, 3.05) is 10.6 Å². The van der Waals surface area contributed by atoms with Gasteiger partial charge in [0, 0.05) is 27.6 Å². The van der Waals surface area contributed by atoms with E-state index in [1.54, 1.807) is 17.4 Å². The number of rotatable bonds is 7. The van der Waals surface area contributed by atoms with Gasteiger partial charge in [0.15, 0.2) is 0 Å². The summed E-state index contributed by atoms with van der Waals surface area (Å²) in [5, 5.41) is 16.7. The van der Waals surface area contributed by atoms with E-state index in [1.807, 2.05) is 75.4 Å². The molecule has 0 saturated carbocycles. The predicted molar refractivity (Wildman–Crippen MR) is 167 cm³/mol. The van der Waals surface area contributed by atoms with Crippen LogP contribution >= 0.6 is 11.3 Å². The number of nitriles is 1. The number of nitrogens with one attached hydrogen (secondary N) is 2. The largest absolute Gasteiger partial charge is 0.322 e. The van der Waals surface area contributed by atoms with Crippen molar-refractivity contribution >= 4 is 40.6 Å². The van der Waals surface area contributed by atoms with Crippen LogP contribution in [-0.2, 0) is 24.1 Å². The van der Waals surface area contributed by atoms with Gasteiger partial charge in [0.05, 0.1) is 5.56 Å². The SMILES string of the molecule is CCc1ccc(NC(=O)/C(C#N)=C\c2cc(C)n(-c3sc4c(c3C(=O)Nc3ccc(C)cc3)CCCC4)c2C)cc1. The van der Waals surface area contributed by atoms with Crippen molar-refractivity contribution in [3.63, 3.8) is 0 Å². The fourth-order valence-corrected chi connectivity index (χ4v) is 6.84. The molecule has 4 aromatic rings. The third kappa shape index (κ3) is 5.89. The third-order valence-corrected chi connectivity index (χ3v) is 8.92. The van der Waals surface area contributed by atoms with Crippen LogP contribution in [0.1, 0.15) is 68.6 Å². The van der Waals surface area contributed by atoms with Gasteiger partial charge < -0.3 is 15.2 Å². The van der Waals surface area contributed by atoms with Crippen molar-refractivity contribution in [3.05, 3.63) is 104 Å². The van der Waals surface area contributed by atoms with E-state index >= 15 is 0 Å². The van der Waals surface area contributed by atoms with Crippen molar-refractivity contribution in [1.29, 1.82) is 5.26 Å². The van der Waals surface area contributed by atoms with Crippen LogP contribution in [0.25, 0.3) is 11.1 Å². The Morgan fingerprint density at radius 3 is 2.32 bits per heavy atom. The summed E-state index contributed by atoms with van der Waals surface area (Å²) in [5.74, 6) is -0.565. The van der Waals surface area contributed by atoms with Crippen LogP contribution in [0.5, 0.6) is 0 Å². The summed E-state index contributed by atoms with van der Waals surface area (Å²) in [6.45, 7) is 8.06. The number of aromatic nitrogens is 1. The fraction of sp³-hybridized carbons (Fsp3) is 0.265. The minimum atomic E-state index is -0.452. The maximum absolute atomic E-state index is 13.8. The number of anilines is 2. The molecule has 0 atom stereocenters. The average Bonchev–Trinajstić information content (AvgIpc) is 3.48. The Bertz CT molecular complexity index is 1680. The summed E-state index contributed by atoms with van der Waals surface area (Å²) in [6.07, 6.45) is 6.57. The molecule has 41 heavy (non-hydrogen) atoms. The van der Waals surface area contributed by atoms with Gasteiger partial charge in [-0.1, -0.05) is 36.8 Å². The lowest BCUT2D eigenvalue weighted by atomic mass is 9.95. The molecule has 0 radical (unpaired) electrons. The summed E-state index contributed by atoms with van der Waals surface area (Å²) in [4.78, 5) is 28.0. The lowest BCUT2D eigenvalue weighted by molar-refractivity contribution is -0.112. The van der Waals surface area contributed by atoms with E-state index in [-0.39, 0.29) is 11.5 Å². The Hall–Kier alpha value is -4.41. The zero-order valence-electron chi connectivity index (χ0n) is 23.9. The zero-order chi connectivity index (χ0) is 29.1. The summed E-state index contributed by atoms with van der Waals surface area (Å²) < 4.78 is 2.09. The maximum atomic E-state index is 13.8. The number of amides is 2. The number of thiophene rings is 1. The van der Waals surface area contributed by atoms with Crippen LogP contribution in [0.3, 0.4) is 0 Å². The van der Waals surface area contributed by atoms with Gasteiger partial charge in [0.2, 0.25) is 0 Å². The van der Waals surface area contributed by atoms with Gasteiger partial charge in [-0.2, -0.15) is 5.26 Å². The summed E-state index contributed by atoms with van der Waals surface area (Å²) >= 11 is 1.67. The number of carbonyl (C=O) groups excluding carboxylic acids is 2. The molecule has 7 heteroatoms. The van der Waals surface area contributed by atoms with Crippen molar-refractivity contribution in [3.8, 4) is 11.1 Å². The van der Waals surface area contributed by atoms with E-state index in [1.165, 1.54) is 10.4 Å². The standard InChI is InChI=1S/C34H34N4O2S/c1-5-24-12-16-28(17-13-24)36-32(39)26(20-35)19-25-18-22(3)38(23(25)4)34-31(29-8-6-7-9-30(29)41-34)33(40)37-27-14-10-21(2)11-15-27/h10-19H,5-9H2,1-4H3,(H,36,39)(H,37,40)/b26-19-. The lowest BCUT2D eigenvalue weighted by Crippen LogP contribution is -2.17.